The van der Waals surface area contributed by atoms with Crippen molar-refractivity contribution in [3.05, 3.63) is 58.9 Å². The second kappa shape index (κ2) is 5.31. The van der Waals surface area contributed by atoms with Gasteiger partial charge in [-0.2, -0.15) is 13.2 Å². The Balaban J connectivity index is 2.67. The zero-order chi connectivity index (χ0) is 15.8. The van der Waals surface area contributed by atoms with Crippen LogP contribution in [-0.2, 0) is 6.18 Å². The topological polar surface area (TPSA) is 17.1 Å². The maximum absolute atomic E-state index is 13.8. The molecule has 0 saturated carbocycles. The summed E-state index contributed by atoms with van der Waals surface area (Å²) in [4.78, 5) is 11.3. The van der Waals surface area contributed by atoms with E-state index in [2.05, 4.69) is 0 Å². The molecule has 0 spiro atoms. The number of ketones is 1. The van der Waals surface area contributed by atoms with E-state index in [4.69, 9.17) is 0 Å². The number of rotatable bonds is 2. The molecule has 0 aliphatic rings. The first-order valence-electron chi connectivity index (χ1n) is 6.19. The lowest BCUT2D eigenvalue weighted by molar-refractivity contribution is -0.137. The van der Waals surface area contributed by atoms with Gasteiger partial charge in [-0.05, 0) is 37.6 Å². The second-order valence-electron chi connectivity index (χ2n) is 4.80. The van der Waals surface area contributed by atoms with Crippen LogP contribution in [0.1, 0.15) is 28.4 Å². The number of carbonyl (C=O) groups is 1. The molecule has 0 bridgehead atoms. The van der Waals surface area contributed by atoms with Gasteiger partial charge < -0.3 is 0 Å². The van der Waals surface area contributed by atoms with E-state index in [1.54, 1.807) is 6.92 Å². The Labute approximate surface area is 119 Å². The lowest BCUT2D eigenvalue weighted by Gasteiger charge is -2.13. The van der Waals surface area contributed by atoms with Crippen molar-refractivity contribution < 1.29 is 22.4 Å². The molecule has 1 nitrogen and oxygen atoms in total. The fraction of sp³-hybridized carbons (Fsp3) is 0.188. The molecule has 21 heavy (non-hydrogen) atoms. The largest absolute Gasteiger partial charge is 0.417 e. The fourth-order valence-electron chi connectivity index (χ4n) is 2.11. The average Bonchev–Trinajstić information content (AvgIpc) is 2.40. The summed E-state index contributed by atoms with van der Waals surface area (Å²) in [7, 11) is 0. The van der Waals surface area contributed by atoms with Crippen molar-refractivity contribution in [2.75, 3.05) is 0 Å². The summed E-state index contributed by atoms with van der Waals surface area (Å²) in [6.45, 7) is 2.79. The molecule has 0 N–H and O–H groups in total. The molecule has 0 aliphatic carbocycles. The Bertz CT molecular complexity index is 702. The molecule has 0 heterocycles. The van der Waals surface area contributed by atoms with Crippen molar-refractivity contribution in [2.45, 2.75) is 20.0 Å². The first kappa shape index (κ1) is 15.2. The number of carbonyl (C=O) groups excluding carboxylic acids is 1. The van der Waals surface area contributed by atoms with Gasteiger partial charge in [0.05, 0.1) is 5.56 Å². The minimum Gasteiger partial charge on any atom is -0.294 e. The molecule has 0 unspecified atom stereocenters. The number of aryl methyl sites for hydroxylation is 1. The zero-order valence-electron chi connectivity index (χ0n) is 11.4. The molecule has 0 aromatic heterocycles. The monoisotopic (exact) mass is 296 g/mol. The summed E-state index contributed by atoms with van der Waals surface area (Å²) in [6.07, 6.45) is -4.67. The summed E-state index contributed by atoms with van der Waals surface area (Å²) in [5.74, 6) is -1.29. The molecule has 0 aliphatic heterocycles. The molecule has 2 aromatic carbocycles. The minimum absolute atomic E-state index is 0.0793. The van der Waals surface area contributed by atoms with Crippen LogP contribution in [0, 0.1) is 12.7 Å². The number of halogens is 4. The molecule has 0 atom stereocenters. The predicted octanol–water partition coefficient (Wildman–Crippen LogP) is 5.02. The molecule has 2 aromatic rings. The standard InChI is InChI=1S/C16H12F4O/c1-9-3-6-15(17)13(7-9)11-4-5-12(10(2)21)14(8-11)16(18,19)20/h3-8H,1-2H3. The Kier molecular flexibility index (Phi) is 3.85. The van der Waals surface area contributed by atoms with Crippen LogP contribution in [0.25, 0.3) is 11.1 Å². The number of hydrogen-bond acceptors (Lipinski definition) is 1. The van der Waals surface area contributed by atoms with Crippen LogP contribution in [0.4, 0.5) is 17.6 Å². The Hall–Kier alpha value is -2.17. The Morgan fingerprint density at radius 2 is 1.71 bits per heavy atom. The number of Topliss-reactive ketones (excluding diaryl/α,β-unsaturated/α-hetero) is 1. The van der Waals surface area contributed by atoms with E-state index in [0.29, 0.717) is 0 Å². The van der Waals surface area contributed by atoms with Crippen LogP contribution in [0.3, 0.4) is 0 Å². The molecule has 2 rings (SSSR count). The van der Waals surface area contributed by atoms with Crippen molar-refractivity contribution in [3.63, 3.8) is 0 Å². The maximum Gasteiger partial charge on any atom is 0.417 e. The summed E-state index contributed by atoms with van der Waals surface area (Å²) in [5, 5.41) is 0. The number of alkyl halides is 3. The van der Waals surface area contributed by atoms with E-state index in [1.165, 1.54) is 24.3 Å². The van der Waals surface area contributed by atoms with Crippen molar-refractivity contribution in [3.8, 4) is 11.1 Å². The van der Waals surface area contributed by atoms with Crippen LogP contribution in [0.15, 0.2) is 36.4 Å². The zero-order valence-corrected chi connectivity index (χ0v) is 11.4. The van der Waals surface area contributed by atoms with Crippen molar-refractivity contribution >= 4 is 5.78 Å². The van der Waals surface area contributed by atoms with Gasteiger partial charge in [0.1, 0.15) is 5.82 Å². The first-order chi connectivity index (χ1) is 9.70. The third kappa shape index (κ3) is 3.12. The van der Waals surface area contributed by atoms with Gasteiger partial charge in [0.2, 0.25) is 0 Å². The molecule has 5 heteroatoms. The van der Waals surface area contributed by atoms with Crippen LogP contribution < -0.4 is 0 Å². The Morgan fingerprint density at radius 1 is 1.05 bits per heavy atom. The summed E-state index contributed by atoms with van der Waals surface area (Å²) < 4.78 is 52.9. The van der Waals surface area contributed by atoms with E-state index in [9.17, 15) is 22.4 Å². The normalized spacial score (nSPS) is 11.5. The first-order valence-corrected chi connectivity index (χ1v) is 6.19. The van der Waals surface area contributed by atoms with Crippen LogP contribution in [0.2, 0.25) is 0 Å². The van der Waals surface area contributed by atoms with Gasteiger partial charge in [0, 0.05) is 11.1 Å². The van der Waals surface area contributed by atoms with Gasteiger partial charge in [-0.3, -0.25) is 4.79 Å². The third-order valence-corrected chi connectivity index (χ3v) is 3.14. The highest BCUT2D eigenvalue weighted by atomic mass is 19.4. The van der Waals surface area contributed by atoms with E-state index in [0.717, 1.165) is 24.6 Å². The minimum atomic E-state index is -4.67. The highest BCUT2D eigenvalue weighted by Crippen LogP contribution is 2.36. The van der Waals surface area contributed by atoms with Crippen LogP contribution in [0.5, 0.6) is 0 Å². The van der Waals surface area contributed by atoms with Gasteiger partial charge in [-0.15, -0.1) is 0 Å². The maximum atomic E-state index is 13.8. The van der Waals surface area contributed by atoms with Gasteiger partial charge in [0.25, 0.3) is 0 Å². The summed E-state index contributed by atoms with van der Waals surface area (Å²) in [5.41, 5.74) is -0.563. The fourth-order valence-corrected chi connectivity index (χ4v) is 2.11. The van der Waals surface area contributed by atoms with E-state index in [1.807, 2.05) is 0 Å². The quantitative estimate of drug-likeness (QED) is 0.561. The SMILES string of the molecule is CC(=O)c1ccc(-c2cc(C)ccc2F)cc1C(F)(F)F. The highest BCUT2D eigenvalue weighted by molar-refractivity contribution is 5.96. The number of hydrogen-bond donors (Lipinski definition) is 0. The predicted molar refractivity (Wildman–Crippen MR) is 71.6 cm³/mol. The van der Waals surface area contributed by atoms with Crippen molar-refractivity contribution in [1.29, 1.82) is 0 Å². The second-order valence-corrected chi connectivity index (χ2v) is 4.80. The van der Waals surface area contributed by atoms with Crippen LogP contribution >= 0.6 is 0 Å². The van der Waals surface area contributed by atoms with Crippen molar-refractivity contribution in [2.24, 2.45) is 0 Å². The van der Waals surface area contributed by atoms with Gasteiger partial charge in [-0.1, -0.05) is 23.8 Å². The van der Waals surface area contributed by atoms with E-state index >= 15 is 0 Å². The lowest BCUT2D eigenvalue weighted by atomic mass is 9.96. The highest BCUT2D eigenvalue weighted by Gasteiger charge is 2.34. The van der Waals surface area contributed by atoms with Gasteiger partial charge >= 0.3 is 6.18 Å². The molecule has 110 valence electrons. The average molecular weight is 296 g/mol. The smallest absolute Gasteiger partial charge is 0.294 e. The molecular weight excluding hydrogens is 284 g/mol. The lowest BCUT2D eigenvalue weighted by Crippen LogP contribution is -2.12. The van der Waals surface area contributed by atoms with E-state index < -0.39 is 28.9 Å². The Morgan fingerprint density at radius 3 is 2.29 bits per heavy atom. The van der Waals surface area contributed by atoms with Gasteiger partial charge in [0.15, 0.2) is 5.78 Å². The third-order valence-electron chi connectivity index (χ3n) is 3.14. The van der Waals surface area contributed by atoms with Crippen molar-refractivity contribution in [1.82, 2.24) is 0 Å². The number of benzene rings is 2. The molecular formula is C16H12F4O. The van der Waals surface area contributed by atoms with Crippen LogP contribution in [-0.4, -0.2) is 5.78 Å². The van der Waals surface area contributed by atoms with Gasteiger partial charge in [-0.25, -0.2) is 4.39 Å². The summed E-state index contributed by atoms with van der Waals surface area (Å²) >= 11 is 0. The molecule has 0 fully saturated rings. The molecule has 0 amide bonds. The van der Waals surface area contributed by atoms with E-state index in [-0.39, 0.29) is 11.1 Å². The molecule has 0 saturated heterocycles. The molecule has 0 radical (unpaired) electrons. The summed E-state index contributed by atoms with van der Waals surface area (Å²) in [6, 6.07) is 7.43.